The number of nitrogens with one attached hydrogen (secondary N) is 4. The first-order valence-corrected chi connectivity index (χ1v) is 14.2. The molecule has 3 aromatic carbocycles. The van der Waals surface area contributed by atoms with E-state index in [9.17, 15) is 11.0 Å². The van der Waals surface area contributed by atoms with Gasteiger partial charge >= 0.3 is 0 Å². The third-order valence-corrected chi connectivity index (χ3v) is 8.09. The van der Waals surface area contributed by atoms with Crippen LogP contribution in [0.1, 0.15) is 55.8 Å². The van der Waals surface area contributed by atoms with Crippen LogP contribution in [-0.4, -0.2) is 16.0 Å². The number of nitrogens with zero attached hydrogens (tertiary/aromatic N) is 3. The lowest BCUT2D eigenvalue weighted by molar-refractivity contribution is 0.260. The van der Waals surface area contributed by atoms with Gasteiger partial charge in [-0.1, -0.05) is 54.1 Å². The van der Waals surface area contributed by atoms with Crippen molar-refractivity contribution < 1.29 is 5.76 Å². The number of hydrazine groups is 2. The van der Waals surface area contributed by atoms with Crippen LogP contribution in [0, 0.1) is 23.1 Å². The maximum Gasteiger partial charge on any atom is 0.123 e. The fourth-order valence-electron chi connectivity index (χ4n) is 5.35. The molecule has 0 amide bonds. The Morgan fingerprint density at radius 1 is 1.05 bits per heavy atom. The number of nitriles is 1. The SMILES string of the molecule is [2H][C@@](Nc1cc(Cl)c2ncc(C#N)c(N[C@@H](c3ccccc3)C3CC3)c2c1)(C1=CN(C2CC2)NN1)c1ccc(F)cc1. The molecule has 2 saturated carbocycles. The summed E-state index contributed by atoms with van der Waals surface area (Å²) in [4.78, 5) is 4.52. The Labute approximate surface area is 244 Å². The molecule has 2 fully saturated rings. The maximum absolute atomic E-state index is 13.9. The molecule has 0 saturated heterocycles. The molecule has 7 nitrogen and oxygen atoms in total. The van der Waals surface area contributed by atoms with Crippen molar-refractivity contribution in [3.8, 4) is 6.07 Å². The van der Waals surface area contributed by atoms with Gasteiger partial charge in [0.25, 0.3) is 0 Å². The summed E-state index contributed by atoms with van der Waals surface area (Å²) in [5.74, 6) is 0.0796. The minimum absolute atomic E-state index is 0.0288. The first-order chi connectivity index (χ1) is 20.4. The fourth-order valence-corrected chi connectivity index (χ4v) is 5.62. The summed E-state index contributed by atoms with van der Waals surface area (Å²) >= 11 is 6.81. The number of pyridine rings is 1. The van der Waals surface area contributed by atoms with Gasteiger partial charge in [-0.25, -0.2) is 4.39 Å². The average Bonchev–Trinajstić information content (AvgIpc) is 3.95. The molecule has 0 bridgehead atoms. The molecule has 4 aromatic rings. The number of hydrogen-bond donors (Lipinski definition) is 4. The summed E-state index contributed by atoms with van der Waals surface area (Å²) in [5, 5.41) is 20.1. The van der Waals surface area contributed by atoms with Crippen LogP contribution in [0.15, 0.2) is 84.8 Å². The highest BCUT2D eigenvalue weighted by Gasteiger charge is 2.34. The van der Waals surface area contributed by atoms with Crippen LogP contribution < -0.4 is 21.6 Å². The monoisotopic (exact) mass is 566 g/mol. The Morgan fingerprint density at radius 2 is 1.83 bits per heavy atom. The third-order valence-electron chi connectivity index (χ3n) is 7.80. The molecule has 0 radical (unpaired) electrons. The number of benzene rings is 3. The van der Waals surface area contributed by atoms with E-state index < -0.39 is 6.02 Å². The van der Waals surface area contributed by atoms with E-state index in [1.54, 1.807) is 24.4 Å². The lowest BCUT2D eigenvalue weighted by atomic mass is 10.00. The lowest BCUT2D eigenvalue weighted by Gasteiger charge is -2.24. The minimum atomic E-state index is -1.52. The quantitative estimate of drug-likeness (QED) is 0.174. The van der Waals surface area contributed by atoms with Crippen molar-refractivity contribution in [2.24, 2.45) is 5.92 Å². The summed E-state index contributed by atoms with van der Waals surface area (Å²) in [6.45, 7) is 0. The van der Waals surface area contributed by atoms with Gasteiger partial charge < -0.3 is 16.1 Å². The molecular formula is C32H29ClFN7. The molecule has 0 unspecified atom stereocenters. The largest absolute Gasteiger partial charge is 0.376 e. The number of halogens is 2. The van der Waals surface area contributed by atoms with Crippen LogP contribution in [0.25, 0.3) is 10.9 Å². The van der Waals surface area contributed by atoms with Crippen molar-refractivity contribution in [3.63, 3.8) is 0 Å². The fraction of sp³-hybridized carbons (Fsp3) is 0.250. The Kier molecular flexibility index (Phi) is 6.32. The summed E-state index contributed by atoms with van der Waals surface area (Å²) < 4.78 is 23.6. The Hall–Kier alpha value is -4.32. The van der Waals surface area contributed by atoms with E-state index in [4.69, 9.17) is 11.6 Å². The molecule has 2 atom stereocenters. The zero-order valence-corrected chi connectivity index (χ0v) is 22.9. The first kappa shape index (κ1) is 24.5. The van der Waals surface area contributed by atoms with Crippen molar-refractivity contribution in [1.82, 2.24) is 21.0 Å². The third kappa shape index (κ3) is 5.26. The smallest absolute Gasteiger partial charge is 0.123 e. The van der Waals surface area contributed by atoms with E-state index in [-0.39, 0.29) is 11.9 Å². The van der Waals surface area contributed by atoms with Crippen LogP contribution in [0.5, 0.6) is 0 Å². The van der Waals surface area contributed by atoms with Gasteiger partial charge in [0.05, 0.1) is 40.9 Å². The van der Waals surface area contributed by atoms with E-state index in [1.807, 2.05) is 35.5 Å². The molecule has 0 spiro atoms. The molecule has 1 aromatic heterocycles. The molecule has 3 aliphatic rings. The predicted molar refractivity (Wildman–Crippen MR) is 159 cm³/mol. The Bertz CT molecular complexity index is 1720. The van der Waals surface area contributed by atoms with Gasteiger partial charge in [-0.15, -0.1) is 5.53 Å². The molecule has 4 N–H and O–H groups in total. The second-order valence-electron chi connectivity index (χ2n) is 10.8. The van der Waals surface area contributed by atoms with Crippen LogP contribution in [0.4, 0.5) is 15.8 Å². The van der Waals surface area contributed by atoms with Crippen LogP contribution in [0.3, 0.4) is 0 Å². The van der Waals surface area contributed by atoms with Crippen molar-refractivity contribution in [1.29, 1.82) is 5.26 Å². The zero-order chi connectivity index (χ0) is 28.8. The van der Waals surface area contributed by atoms with Gasteiger partial charge in [0.2, 0.25) is 0 Å². The predicted octanol–water partition coefficient (Wildman–Crippen LogP) is 6.94. The molecule has 7 rings (SSSR count). The van der Waals surface area contributed by atoms with Crippen molar-refractivity contribution >= 4 is 33.9 Å². The highest BCUT2D eigenvalue weighted by Crippen LogP contribution is 2.45. The summed E-state index contributed by atoms with van der Waals surface area (Å²) in [7, 11) is 0. The average molecular weight is 567 g/mol. The maximum atomic E-state index is 13.9. The summed E-state index contributed by atoms with van der Waals surface area (Å²) in [5.41, 5.74) is 10.7. The van der Waals surface area contributed by atoms with E-state index >= 15 is 0 Å². The number of hydrogen-bond acceptors (Lipinski definition) is 7. The van der Waals surface area contributed by atoms with Crippen LogP contribution in [-0.2, 0) is 0 Å². The van der Waals surface area contributed by atoms with Gasteiger partial charge in [-0.2, -0.15) is 5.26 Å². The Balaban J connectivity index is 1.32. The van der Waals surface area contributed by atoms with Crippen LogP contribution in [0.2, 0.25) is 5.02 Å². The number of aromatic nitrogens is 1. The van der Waals surface area contributed by atoms with E-state index in [1.165, 1.54) is 12.1 Å². The summed E-state index contributed by atoms with van der Waals surface area (Å²) in [6, 6.07) is 20.9. The van der Waals surface area contributed by atoms with E-state index in [0.29, 0.717) is 56.1 Å². The van der Waals surface area contributed by atoms with Gasteiger partial charge in [0.1, 0.15) is 11.9 Å². The minimum Gasteiger partial charge on any atom is -0.376 e. The highest BCUT2D eigenvalue weighted by atomic mass is 35.5. The van der Waals surface area contributed by atoms with Gasteiger partial charge in [0.15, 0.2) is 0 Å². The van der Waals surface area contributed by atoms with Gasteiger partial charge in [-0.05, 0) is 67.0 Å². The van der Waals surface area contributed by atoms with Gasteiger partial charge in [-0.3, -0.25) is 9.99 Å². The van der Waals surface area contributed by atoms with E-state index in [0.717, 1.165) is 31.2 Å². The lowest BCUT2D eigenvalue weighted by Crippen LogP contribution is -2.38. The highest BCUT2D eigenvalue weighted by molar-refractivity contribution is 6.35. The van der Waals surface area contributed by atoms with E-state index in [2.05, 4.69) is 44.8 Å². The van der Waals surface area contributed by atoms with Crippen molar-refractivity contribution in [2.75, 3.05) is 10.6 Å². The van der Waals surface area contributed by atoms with Crippen molar-refractivity contribution in [3.05, 3.63) is 112 Å². The second-order valence-corrected chi connectivity index (χ2v) is 11.2. The van der Waals surface area contributed by atoms with Crippen molar-refractivity contribution in [2.45, 2.75) is 43.8 Å². The molecule has 9 heteroatoms. The molecule has 2 heterocycles. The standard InChI is InChI=1S/C32H29ClFN7/c33-27-15-24(37-31(21-8-10-23(34)11-9-21)28-18-41(40-39-28)25-12-13-25)14-26-30(22(16-35)17-36-32(26)27)38-29(20-6-7-20)19-4-2-1-3-5-19/h1-5,8-11,14-15,17-18,20,25,29,31,37,39-40H,6-7,12-13H2,(H,36,38)/t29-,31-/m0/s1/i31D. The molecule has 1 aliphatic heterocycles. The second kappa shape index (κ2) is 10.6. The van der Waals surface area contributed by atoms with Crippen LogP contribution >= 0.6 is 11.6 Å². The normalized spacial score (nSPS) is 19.0. The number of fused-ring (bicyclic) bond motifs is 1. The zero-order valence-electron chi connectivity index (χ0n) is 23.2. The first-order valence-electron chi connectivity index (χ1n) is 14.3. The number of anilines is 2. The molecule has 41 heavy (non-hydrogen) atoms. The number of rotatable bonds is 9. The van der Waals surface area contributed by atoms with Gasteiger partial charge in [0, 0.05) is 29.5 Å². The molecular weight excluding hydrogens is 537 g/mol. The topological polar surface area (TPSA) is 88.0 Å². The molecule has 2 aliphatic carbocycles. The Morgan fingerprint density at radius 3 is 2.54 bits per heavy atom. The molecule has 206 valence electrons. The summed E-state index contributed by atoms with van der Waals surface area (Å²) in [6.07, 6.45) is 7.80.